The number of carbonyl (C=O) groups excluding carboxylic acids is 1. The number of carbonyl (C=O) groups is 1. The maximum atomic E-state index is 12.3. The predicted molar refractivity (Wildman–Crippen MR) is 98.3 cm³/mol. The molecule has 0 bridgehead atoms. The lowest BCUT2D eigenvalue weighted by Crippen LogP contribution is -2.51. The van der Waals surface area contributed by atoms with Crippen LogP contribution in [0, 0.1) is 0 Å². The van der Waals surface area contributed by atoms with Gasteiger partial charge in [-0.25, -0.2) is 4.79 Å². The van der Waals surface area contributed by atoms with Crippen LogP contribution in [-0.2, 0) is 19.5 Å². The van der Waals surface area contributed by atoms with Gasteiger partial charge in [0.15, 0.2) is 0 Å². The summed E-state index contributed by atoms with van der Waals surface area (Å²) in [5.74, 6) is 0. The SMILES string of the molecule is CCn1ccc(CNC(=O)N2CCN(CCc3ccccc3)CC2)n1. The molecule has 6 heteroatoms. The molecular formula is C19H27N5O. The standard InChI is InChI=1S/C19H27N5O/c1-2-24-11-9-18(21-24)16-20-19(25)23-14-12-22(13-15-23)10-8-17-6-4-3-5-7-17/h3-7,9,11H,2,8,10,12-16H2,1H3,(H,20,25). The van der Waals surface area contributed by atoms with E-state index in [1.54, 1.807) is 0 Å². The van der Waals surface area contributed by atoms with Crippen molar-refractivity contribution in [1.29, 1.82) is 0 Å². The Morgan fingerprint density at radius 1 is 1.12 bits per heavy atom. The average molecular weight is 341 g/mol. The van der Waals surface area contributed by atoms with Gasteiger partial charge in [0, 0.05) is 45.5 Å². The van der Waals surface area contributed by atoms with E-state index in [1.165, 1.54) is 5.56 Å². The van der Waals surface area contributed by atoms with E-state index in [-0.39, 0.29) is 6.03 Å². The lowest BCUT2D eigenvalue weighted by molar-refractivity contribution is 0.140. The molecule has 2 aromatic rings. The minimum atomic E-state index is 0.00811. The second-order valence-corrected chi connectivity index (χ2v) is 6.39. The summed E-state index contributed by atoms with van der Waals surface area (Å²) in [6.45, 7) is 7.86. The summed E-state index contributed by atoms with van der Waals surface area (Å²) in [6, 6.07) is 12.5. The summed E-state index contributed by atoms with van der Waals surface area (Å²) in [5.41, 5.74) is 2.27. The highest BCUT2D eigenvalue weighted by molar-refractivity contribution is 5.74. The number of nitrogens with zero attached hydrogens (tertiary/aromatic N) is 4. The number of piperazine rings is 1. The van der Waals surface area contributed by atoms with Crippen LogP contribution in [0.3, 0.4) is 0 Å². The van der Waals surface area contributed by atoms with E-state index in [1.807, 2.05) is 34.8 Å². The molecule has 0 unspecified atom stereocenters. The molecule has 1 saturated heterocycles. The minimum Gasteiger partial charge on any atom is -0.332 e. The fraction of sp³-hybridized carbons (Fsp3) is 0.474. The van der Waals surface area contributed by atoms with Crippen molar-refractivity contribution in [3.8, 4) is 0 Å². The molecule has 2 heterocycles. The van der Waals surface area contributed by atoms with Crippen LogP contribution in [0.25, 0.3) is 0 Å². The number of hydrogen-bond acceptors (Lipinski definition) is 3. The Bertz CT molecular complexity index is 661. The molecule has 0 spiro atoms. The van der Waals surface area contributed by atoms with Gasteiger partial charge in [-0.05, 0) is 25.0 Å². The molecule has 0 saturated carbocycles. The number of urea groups is 1. The molecule has 1 aliphatic heterocycles. The normalized spacial score (nSPS) is 15.3. The van der Waals surface area contributed by atoms with Gasteiger partial charge in [0.1, 0.15) is 0 Å². The van der Waals surface area contributed by atoms with E-state index < -0.39 is 0 Å². The zero-order valence-corrected chi connectivity index (χ0v) is 14.9. The first-order valence-corrected chi connectivity index (χ1v) is 9.06. The fourth-order valence-corrected chi connectivity index (χ4v) is 3.06. The summed E-state index contributed by atoms with van der Waals surface area (Å²) in [4.78, 5) is 16.6. The van der Waals surface area contributed by atoms with Crippen LogP contribution in [0.2, 0.25) is 0 Å². The van der Waals surface area contributed by atoms with Crippen molar-refractivity contribution in [2.45, 2.75) is 26.4 Å². The Hall–Kier alpha value is -2.34. The third-order valence-corrected chi connectivity index (χ3v) is 4.66. The molecule has 6 nitrogen and oxygen atoms in total. The number of nitrogens with one attached hydrogen (secondary N) is 1. The summed E-state index contributed by atoms with van der Waals surface area (Å²) >= 11 is 0. The van der Waals surface area contributed by atoms with Crippen LogP contribution in [0.5, 0.6) is 0 Å². The Balaban J connectivity index is 1.37. The highest BCUT2D eigenvalue weighted by Gasteiger charge is 2.20. The van der Waals surface area contributed by atoms with Gasteiger partial charge in [-0.2, -0.15) is 5.10 Å². The molecule has 134 valence electrons. The van der Waals surface area contributed by atoms with Gasteiger partial charge in [0.25, 0.3) is 0 Å². The highest BCUT2D eigenvalue weighted by atomic mass is 16.2. The first kappa shape index (κ1) is 17.5. The average Bonchev–Trinajstić information content (AvgIpc) is 3.14. The quantitative estimate of drug-likeness (QED) is 0.874. The number of rotatable bonds is 6. The summed E-state index contributed by atoms with van der Waals surface area (Å²) in [7, 11) is 0. The Kier molecular flexibility index (Phi) is 6.06. The van der Waals surface area contributed by atoms with Gasteiger partial charge in [0.05, 0.1) is 12.2 Å². The van der Waals surface area contributed by atoms with Crippen molar-refractivity contribution >= 4 is 6.03 Å². The maximum absolute atomic E-state index is 12.3. The van der Waals surface area contributed by atoms with Gasteiger partial charge < -0.3 is 10.2 Å². The second kappa shape index (κ2) is 8.67. The molecule has 0 radical (unpaired) electrons. The first-order valence-electron chi connectivity index (χ1n) is 9.06. The van der Waals surface area contributed by atoms with Gasteiger partial charge in [-0.15, -0.1) is 0 Å². The molecular weight excluding hydrogens is 314 g/mol. The first-order chi connectivity index (χ1) is 12.2. The summed E-state index contributed by atoms with van der Waals surface area (Å²) in [6.07, 6.45) is 3.00. The molecule has 3 rings (SSSR count). The molecule has 0 aliphatic carbocycles. The molecule has 1 fully saturated rings. The van der Waals surface area contributed by atoms with Crippen LogP contribution in [0.4, 0.5) is 4.79 Å². The second-order valence-electron chi connectivity index (χ2n) is 6.39. The van der Waals surface area contributed by atoms with Crippen LogP contribution in [0.15, 0.2) is 42.6 Å². The lowest BCUT2D eigenvalue weighted by Gasteiger charge is -2.34. The molecule has 1 aliphatic rings. The van der Waals surface area contributed by atoms with Crippen molar-refractivity contribution in [3.05, 3.63) is 53.9 Å². The molecule has 0 atom stereocenters. The van der Waals surface area contributed by atoms with Crippen molar-refractivity contribution < 1.29 is 4.79 Å². The van der Waals surface area contributed by atoms with Crippen molar-refractivity contribution in [1.82, 2.24) is 24.9 Å². The van der Waals surface area contributed by atoms with Crippen LogP contribution in [0.1, 0.15) is 18.2 Å². The van der Waals surface area contributed by atoms with Crippen molar-refractivity contribution in [3.63, 3.8) is 0 Å². The Morgan fingerprint density at radius 3 is 2.56 bits per heavy atom. The number of hydrogen-bond donors (Lipinski definition) is 1. The van der Waals surface area contributed by atoms with E-state index in [0.717, 1.165) is 51.4 Å². The minimum absolute atomic E-state index is 0.00811. The van der Waals surface area contributed by atoms with Gasteiger partial charge in [0.2, 0.25) is 0 Å². The summed E-state index contributed by atoms with van der Waals surface area (Å²) in [5, 5.41) is 7.36. The zero-order valence-electron chi connectivity index (χ0n) is 14.9. The maximum Gasteiger partial charge on any atom is 0.317 e. The Labute approximate surface area is 149 Å². The van der Waals surface area contributed by atoms with Crippen LogP contribution >= 0.6 is 0 Å². The van der Waals surface area contributed by atoms with E-state index in [2.05, 4.69) is 39.6 Å². The lowest BCUT2D eigenvalue weighted by atomic mass is 10.1. The number of benzene rings is 1. The molecule has 1 aromatic carbocycles. The van der Waals surface area contributed by atoms with E-state index in [4.69, 9.17) is 0 Å². The summed E-state index contributed by atoms with van der Waals surface area (Å²) < 4.78 is 1.87. The molecule has 1 N–H and O–H groups in total. The third-order valence-electron chi connectivity index (χ3n) is 4.66. The van der Waals surface area contributed by atoms with Crippen molar-refractivity contribution in [2.24, 2.45) is 0 Å². The van der Waals surface area contributed by atoms with Crippen LogP contribution in [-0.4, -0.2) is 58.3 Å². The van der Waals surface area contributed by atoms with E-state index in [0.29, 0.717) is 6.54 Å². The van der Waals surface area contributed by atoms with Gasteiger partial charge in [-0.3, -0.25) is 9.58 Å². The number of aryl methyl sites for hydroxylation is 1. The van der Waals surface area contributed by atoms with Crippen molar-refractivity contribution in [2.75, 3.05) is 32.7 Å². The predicted octanol–water partition coefficient (Wildman–Crippen LogP) is 1.97. The zero-order chi connectivity index (χ0) is 17.5. The number of aromatic nitrogens is 2. The molecule has 1 aromatic heterocycles. The third kappa shape index (κ3) is 5.06. The van der Waals surface area contributed by atoms with E-state index >= 15 is 0 Å². The largest absolute Gasteiger partial charge is 0.332 e. The van der Waals surface area contributed by atoms with Gasteiger partial charge >= 0.3 is 6.03 Å². The molecule has 25 heavy (non-hydrogen) atoms. The monoisotopic (exact) mass is 341 g/mol. The Morgan fingerprint density at radius 2 is 1.88 bits per heavy atom. The fourth-order valence-electron chi connectivity index (χ4n) is 3.06. The molecule has 2 amide bonds. The van der Waals surface area contributed by atoms with Crippen LogP contribution < -0.4 is 5.32 Å². The van der Waals surface area contributed by atoms with Gasteiger partial charge in [-0.1, -0.05) is 30.3 Å². The highest BCUT2D eigenvalue weighted by Crippen LogP contribution is 2.06. The number of amides is 2. The topological polar surface area (TPSA) is 53.4 Å². The van der Waals surface area contributed by atoms with E-state index in [9.17, 15) is 4.79 Å². The smallest absolute Gasteiger partial charge is 0.317 e.